The third kappa shape index (κ3) is 5.96. The first-order valence-corrected chi connectivity index (χ1v) is 14.0. The molecule has 0 aliphatic heterocycles. The molecule has 0 bridgehead atoms. The number of pyridine rings is 1. The smallest absolute Gasteiger partial charge is 0.418 e. The zero-order valence-corrected chi connectivity index (χ0v) is 21.8. The number of nitrogens with zero attached hydrogens (tertiary/aromatic N) is 1. The molecule has 0 spiro atoms. The van der Waals surface area contributed by atoms with Gasteiger partial charge in [-0.2, -0.15) is 13.2 Å². The summed E-state index contributed by atoms with van der Waals surface area (Å²) >= 11 is 0. The number of hydrogen-bond donors (Lipinski definition) is 0. The van der Waals surface area contributed by atoms with Crippen LogP contribution in [0.25, 0.3) is 22.0 Å². The molecule has 4 nitrogen and oxygen atoms in total. The van der Waals surface area contributed by atoms with Crippen molar-refractivity contribution in [3.63, 3.8) is 0 Å². The summed E-state index contributed by atoms with van der Waals surface area (Å²) in [5.41, 5.74) is 3.07. The molecule has 39 heavy (non-hydrogen) atoms. The monoisotopic (exact) mass is 547 g/mol. The Labute approximate surface area is 224 Å². The lowest BCUT2D eigenvalue weighted by atomic mass is 9.92. The lowest BCUT2D eigenvalue weighted by molar-refractivity contribution is -0.136. The zero-order chi connectivity index (χ0) is 27.6. The molecule has 0 aliphatic carbocycles. The summed E-state index contributed by atoms with van der Waals surface area (Å²) < 4.78 is 70.9. The van der Waals surface area contributed by atoms with Crippen molar-refractivity contribution in [2.24, 2.45) is 0 Å². The second-order valence-electron chi connectivity index (χ2n) is 9.25. The van der Waals surface area contributed by atoms with Crippen molar-refractivity contribution in [2.45, 2.75) is 24.1 Å². The number of ether oxygens (including phenoxy) is 1. The van der Waals surface area contributed by atoms with Crippen LogP contribution in [0.3, 0.4) is 0 Å². The van der Waals surface area contributed by atoms with Gasteiger partial charge in [-0.25, -0.2) is 8.42 Å². The Balaban J connectivity index is 1.54. The zero-order valence-electron chi connectivity index (χ0n) is 20.9. The van der Waals surface area contributed by atoms with E-state index in [-0.39, 0.29) is 17.0 Å². The van der Waals surface area contributed by atoms with Crippen LogP contribution in [0.4, 0.5) is 13.2 Å². The Morgan fingerprint density at radius 2 is 1.54 bits per heavy atom. The number of hydrogen-bond acceptors (Lipinski definition) is 4. The van der Waals surface area contributed by atoms with Crippen LogP contribution >= 0.6 is 0 Å². The number of rotatable bonds is 7. The molecule has 198 valence electrons. The molecule has 8 heteroatoms. The van der Waals surface area contributed by atoms with Crippen LogP contribution in [0.5, 0.6) is 5.75 Å². The van der Waals surface area contributed by atoms with Crippen molar-refractivity contribution in [1.82, 2.24) is 4.98 Å². The Morgan fingerprint density at radius 1 is 0.821 bits per heavy atom. The van der Waals surface area contributed by atoms with Gasteiger partial charge in [0.1, 0.15) is 12.4 Å². The molecule has 0 unspecified atom stereocenters. The van der Waals surface area contributed by atoms with Gasteiger partial charge in [-0.3, -0.25) is 4.98 Å². The Hall–Kier alpha value is -4.17. The molecule has 1 heterocycles. The van der Waals surface area contributed by atoms with Crippen LogP contribution in [0.2, 0.25) is 0 Å². The van der Waals surface area contributed by atoms with E-state index in [1.165, 1.54) is 24.4 Å². The minimum Gasteiger partial charge on any atom is -0.489 e. The van der Waals surface area contributed by atoms with Gasteiger partial charge in [0, 0.05) is 17.8 Å². The van der Waals surface area contributed by atoms with Gasteiger partial charge in [-0.05, 0) is 64.6 Å². The molecule has 0 amide bonds. The third-order valence-electron chi connectivity index (χ3n) is 6.40. The van der Waals surface area contributed by atoms with Gasteiger partial charge in [0.05, 0.1) is 16.0 Å². The van der Waals surface area contributed by atoms with Gasteiger partial charge >= 0.3 is 6.18 Å². The molecular weight excluding hydrogens is 523 g/mol. The van der Waals surface area contributed by atoms with E-state index < -0.39 is 21.6 Å². The van der Waals surface area contributed by atoms with Crippen LogP contribution in [0.15, 0.2) is 108 Å². The van der Waals surface area contributed by atoms with Crippen molar-refractivity contribution in [1.29, 1.82) is 0 Å². The first-order valence-electron chi connectivity index (χ1n) is 12.1. The summed E-state index contributed by atoms with van der Waals surface area (Å²) in [5, 5.41) is 0.409. The van der Waals surface area contributed by atoms with Crippen LogP contribution in [-0.2, 0) is 29.0 Å². The van der Waals surface area contributed by atoms with E-state index in [2.05, 4.69) is 4.98 Å². The number of alkyl halides is 3. The summed E-state index contributed by atoms with van der Waals surface area (Å²) in [5.74, 6) is 0.530. The summed E-state index contributed by atoms with van der Waals surface area (Å²) in [4.78, 5) is 4.48. The molecule has 5 aromatic rings. The SMILES string of the molecule is CS(=O)(=O)c1ccc(COc2cccc(-c3c(Cc4ccccc4)cnc4c(C(F)(F)F)cccc34)c2)cc1. The second-order valence-corrected chi connectivity index (χ2v) is 11.3. The lowest BCUT2D eigenvalue weighted by Crippen LogP contribution is -2.07. The normalized spacial score (nSPS) is 12.0. The van der Waals surface area contributed by atoms with E-state index in [0.29, 0.717) is 28.7 Å². The Bertz CT molecular complexity index is 1730. The number of fused-ring (bicyclic) bond motifs is 1. The van der Waals surface area contributed by atoms with E-state index in [4.69, 9.17) is 4.74 Å². The van der Waals surface area contributed by atoms with Crippen molar-refractivity contribution in [3.05, 3.63) is 126 Å². The fraction of sp³-hybridized carbons (Fsp3) is 0.129. The largest absolute Gasteiger partial charge is 0.489 e. The van der Waals surface area contributed by atoms with Crippen molar-refractivity contribution < 1.29 is 26.3 Å². The predicted molar refractivity (Wildman–Crippen MR) is 145 cm³/mol. The highest BCUT2D eigenvalue weighted by Gasteiger charge is 2.33. The quantitative estimate of drug-likeness (QED) is 0.212. The number of sulfone groups is 1. The summed E-state index contributed by atoms with van der Waals surface area (Å²) in [6.45, 7) is 0.194. The van der Waals surface area contributed by atoms with Crippen LogP contribution in [0.1, 0.15) is 22.3 Å². The number of benzene rings is 4. The minimum atomic E-state index is -4.54. The molecule has 0 saturated carbocycles. The average molecular weight is 548 g/mol. The maximum atomic E-state index is 13.8. The Kier molecular flexibility index (Phi) is 7.14. The third-order valence-corrected chi connectivity index (χ3v) is 7.53. The second kappa shape index (κ2) is 10.5. The fourth-order valence-electron chi connectivity index (χ4n) is 4.52. The molecule has 4 aromatic carbocycles. The van der Waals surface area contributed by atoms with Gasteiger partial charge in [0.2, 0.25) is 0 Å². The average Bonchev–Trinajstić information content (AvgIpc) is 2.91. The highest BCUT2D eigenvalue weighted by atomic mass is 32.2. The molecule has 5 rings (SSSR count). The van der Waals surface area contributed by atoms with Crippen LogP contribution in [0, 0.1) is 0 Å². The summed E-state index contributed by atoms with van der Waals surface area (Å²) in [7, 11) is -3.30. The van der Waals surface area contributed by atoms with Gasteiger partial charge in [-0.15, -0.1) is 0 Å². The van der Waals surface area contributed by atoms with Gasteiger partial charge in [0.25, 0.3) is 0 Å². The topological polar surface area (TPSA) is 56.3 Å². The van der Waals surface area contributed by atoms with Crippen LogP contribution in [-0.4, -0.2) is 19.7 Å². The number of aromatic nitrogens is 1. The molecule has 0 atom stereocenters. The molecule has 0 fully saturated rings. The minimum absolute atomic E-state index is 0.103. The maximum absolute atomic E-state index is 13.8. The van der Waals surface area contributed by atoms with Crippen molar-refractivity contribution >= 4 is 20.7 Å². The van der Waals surface area contributed by atoms with Gasteiger partial charge < -0.3 is 4.74 Å². The highest BCUT2D eigenvalue weighted by Crippen LogP contribution is 2.39. The van der Waals surface area contributed by atoms with Crippen molar-refractivity contribution in [3.8, 4) is 16.9 Å². The molecule has 0 N–H and O–H groups in total. The molecular formula is C31H24F3NO3S. The molecule has 1 aromatic heterocycles. The number of para-hydroxylation sites is 1. The van der Waals surface area contributed by atoms with Crippen molar-refractivity contribution in [2.75, 3.05) is 6.26 Å². The van der Waals surface area contributed by atoms with Gasteiger partial charge in [0.15, 0.2) is 9.84 Å². The van der Waals surface area contributed by atoms with E-state index in [1.807, 2.05) is 36.4 Å². The standard InChI is InChI=1S/C31H24F3NO3S/c1-39(36,37)26-15-13-22(14-16-26)20-38-25-10-5-9-23(18-25)29-24(17-21-7-3-2-4-8-21)19-35-30-27(29)11-6-12-28(30)31(32,33)34/h2-16,18-19H,17,20H2,1H3. The van der Waals surface area contributed by atoms with Gasteiger partial charge in [-0.1, -0.05) is 66.7 Å². The number of halogens is 3. The molecule has 0 aliphatic rings. The van der Waals surface area contributed by atoms with E-state index in [0.717, 1.165) is 29.0 Å². The first kappa shape index (κ1) is 26.4. The fourth-order valence-corrected chi connectivity index (χ4v) is 5.16. The molecule has 0 saturated heterocycles. The Morgan fingerprint density at radius 3 is 2.23 bits per heavy atom. The van der Waals surface area contributed by atoms with Crippen LogP contribution < -0.4 is 4.74 Å². The summed E-state index contributed by atoms with van der Waals surface area (Å²) in [6.07, 6.45) is -1.37. The predicted octanol–water partition coefficient (Wildman–Crippen LogP) is 7.49. The highest BCUT2D eigenvalue weighted by molar-refractivity contribution is 7.90. The lowest BCUT2D eigenvalue weighted by Gasteiger charge is -2.17. The molecule has 0 radical (unpaired) electrons. The van der Waals surface area contributed by atoms with E-state index in [1.54, 1.807) is 36.4 Å². The van der Waals surface area contributed by atoms with E-state index >= 15 is 0 Å². The maximum Gasteiger partial charge on any atom is 0.418 e. The summed E-state index contributed by atoms with van der Waals surface area (Å²) in [6, 6.07) is 27.4. The van der Waals surface area contributed by atoms with E-state index in [9.17, 15) is 21.6 Å². The first-order chi connectivity index (χ1) is 18.6.